The van der Waals surface area contributed by atoms with Crippen LogP contribution in [0.4, 0.5) is 5.69 Å². The van der Waals surface area contributed by atoms with E-state index in [1.807, 2.05) is 0 Å². The van der Waals surface area contributed by atoms with Gasteiger partial charge >= 0.3 is 0 Å². The minimum Gasteiger partial charge on any atom is -0.375 e. The quantitative estimate of drug-likeness (QED) is 0.881. The molecule has 1 aliphatic rings. The molecule has 0 saturated heterocycles. The number of halogens is 1. The first-order valence-corrected chi connectivity index (χ1v) is 7.06. The Bertz CT molecular complexity index is 763. The van der Waals surface area contributed by atoms with E-state index < -0.39 is 17.3 Å². The lowest BCUT2D eigenvalue weighted by Crippen LogP contribution is -2.40. The molecule has 6 heteroatoms. The Hall–Kier alpha value is -2.24. The first-order chi connectivity index (χ1) is 10.4. The molecule has 0 aliphatic carbocycles. The van der Waals surface area contributed by atoms with E-state index in [4.69, 9.17) is 11.6 Å². The van der Waals surface area contributed by atoms with E-state index in [1.54, 1.807) is 37.4 Å². The number of pyridine rings is 1. The van der Waals surface area contributed by atoms with Crippen molar-refractivity contribution >= 4 is 29.0 Å². The molecule has 5 nitrogen and oxygen atoms in total. The van der Waals surface area contributed by atoms with Crippen molar-refractivity contribution in [3.63, 3.8) is 0 Å². The number of amides is 1. The number of benzene rings is 1. The summed E-state index contributed by atoms with van der Waals surface area (Å²) in [5.74, 6) is -0.952. The van der Waals surface area contributed by atoms with Gasteiger partial charge in [0.15, 0.2) is 11.4 Å². The van der Waals surface area contributed by atoms with Gasteiger partial charge in [-0.2, -0.15) is 0 Å². The molecule has 1 aromatic heterocycles. The Morgan fingerprint density at radius 1 is 1.36 bits per heavy atom. The summed E-state index contributed by atoms with van der Waals surface area (Å²) >= 11 is 5.96. The second-order valence-corrected chi connectivity index (χ2v) is 5.64. The number of fused-ring (bicyclic) bond motifs is 1. The highest BCUT2D eigenvalue weighted by atomic mass is 35.5. The Balaban J connectivity index is 2.01. The first-order valence-electron chi connectivity index (χ1n) is 6.68. The summed E-state index contributed by atoms with van der Waals surface area (Å²) in [7, 11) is 1.55. The molecule has 0 fully saturated rings. The predicted molar refractivity (Wildman–Crippen MR) is 81.9 cm³/mol. The number of hydrogen-bond acceptors (Lipinski definition) is 4. The summed E-state index contributed by atoms with van der Waals surface area (Å²) in [5.41, 5.74) is -0.812. The molecule has 1 amide bonds. The molecule has 1 atom stereocenters. The number of anilines is 1. The van der Waals surface area contributed by atoms with Gasteiger partial charge in [0.2, 0.25) is 0 Å². The van der Waals surface area contributed by atoms with Crippen LogP contribution < -0.4 is 4.90 Å². The molecule has 0 bridgehead atoms. The Labute approximate surface area is 132 Å². The molecule has 2 aromatic rings. The maximum Gasteiger partial charge on any atom is 0.263 e. The monoisotopic (exact) mass is 316 g/mol. The molecular formula is C16H13ClN2O3. The fourth-order valence-corrected chi connectivity index (χ4v) is 2.83. The second kappa shape index (κ2) is 5.19. The van der Waals surface area contributed by atoms with Gasteiger partial charge in [-0.1, -0.05) is 17.7 Å². The van der Waals surface area contributed by atoms with Gasteiger partial charge in [-0.05, 0) is 30.3 Å². The van der Waals surface area contributed by atoms with Crippen LogP contribution in [-0.4, -0.2) is 28.8 Å². The van der Waals surface area contributed by atoms with E-state index in [1.165, 1.54) is 17.2 Å². The van der Waals surface area contributed by atoms with Crippen LogP contribution in [0.25, 0.3) is 0 Å². The minimum absolute atomic E-state index is 0.210. The maximum atomic E-state index is 12.4. The third-order valence-corrected chi connectivity index (χ3v) is 4.03. The van der Waals surface area contributed by atoms with Gasteiger partial charge in [-0.25, -0.2) is 0 Å². The third-order valence-electron chi connectivity index (χ3n) is 3.79. The van der Waals surface area contributed by atoms with Crippen LogP contribution in [0.1, 0.15) is 22.5 Å². The lowest BCUT2D eigenvalue weighted by Gasteiger charge is -2.21. The smallest absolute Gasteiger partial charge is 0.263 e. The zero-order chi connectivity index (χ0) is 15.9. The van der Waals surface area contributed by atoms with Crippen LogP contribution in [0, 0.1) is 0 Å². The van der Waals surface area contributed by atoms with Crippen LogP contribution in [0.3, 0.4) is 0 Å². The molecule has 112 valence electrons. The normalized spacial score (nSPS) is 20.1. The Morgan fingerprint density at radius 3 is 2.82 bits per heavy atom. The second-order valence-electron chi connectivity index (χ2n) is 5.20. The topological polar surface area (TPSA) is 70.5 Å². The number of Topliss-reactive ketones (excluding diaryl/α,β-unsaturated/α-hetero) is 1. The van der Waals surface area contributed by atoms with E-state index in [2.05, 4.69) is 4.98 Å². The Morgan fingerprint density at radius 2 is 2.14 bits per heavy atom. The third kappa shape index (κ3) is 2.19. The standard InChI is InChI=1S/C16H13ClN2O3/c1-19-13-6-5-10(17)8-11(13)16(22,15(19)21)9-14(20)12-4-2-3-7-18-12/h2-8,22H,9H2,1H3/t16-/m0/s1. The molecule has 1 aromatic carbocycles. The van der Waals surface area contributed by atoms with Crippen molar-refractivity contribution < 1.29 is 14.7 Å². The van der Waals surface area contributed by atoms with Crippen molar-refractivity contribution in [3.8, 4) is 0 Å². The number of ketones is 1. The van der Waals surface area contributed by atoms with Crippen molar-refractivity contribution in [1.29, 1.82) is 0 Å². The van der Waals surface area contributed by atoms with Crippen LogP contribution in [0.5, 0.6) is 0 Å². The van der Waals surface area contributed by atoms with E-state index in [0.29, 0.717) is 16.3 Å². The number of nitrogens with zero attached hydrogens (tertiary/aromatic N) is 2. The summed E-state index contributed by atoms with van der Waals surface area (Å²) in [5, 5.41) is 11.2. The molecule has 22 heavy (non-hydrogen) atoms. The molecule has 1 aliphatic heterocycles. The van der Waals surface area contributed by atoms with Gasteiger partial charge < -0.3 is 10.0 Å². The molecule has 3 rings (SSSR count). The van der Waals surface area contributed by atoms with Crippen LogP contribution in [-0.2, 0) is 10.4 Å². The molecular weight excluding hydrogens is 304 g/mol. The van der Waals surface area contributed by atoms with Crippen molar-refractivity contribution in [2.24, 2.45) is 0 Å². The van der Waals surface area contributed by atoms with Gasteiger partial charge in [0.25, 0.3) is 5.91 Å². The molecule has 1 N–H and O–H groups in total. The summed E-state index contributed by atoms with van der Waals surface area (Å²) < 4.78 is 0. The van der Waals surface area contributed by atoms with E-state index >= 15 is 0 Å². The number of aromatic nitrogens is 1. The van der Waals surface area contributed by atoms with Gasteiger partial charge in [-0.15, -0.1) is 0 Å². The summed E-state index contributed by atoms with van der Waals surface area (Å²) in [4.78, 5) is 30.0. The summed E-state index contributed by atoms with van der Waals surface area (Å²) in [6.07, 6.45) is 1.12. The highest BCUT2D eigenvalue weighted by molar-refractivity contribution is 6.31. The zero-order valence-corrected chi connectivity index (χ0v) is 12.5. The predicted octanol–water partition coefficient (Wildman–Crippen LogP) is 2.17. The van der Waals surface area contributed by atoms with Crippen molar-refractivity contribution in [2.45, 2.75) is 12.0 Å². The number of aliphatic hydroxyl groups is 1. The lowest BCUT2D eigenvalue weighted by molar-refractivity contribution is -0.135. The average molecular weight is 317 g/mol. The number of carbonyl (C=O) groups is 2. The van der Waals surface area contributed by atoms with E-state index in [-0.39, 0.29) is 12.1 Å². The number of carbonyl (C=O) groups excluding carboxylic acids is 2. The average Bonchev–Trinajstić information content (AvgIpc) is 2.70. The molecule has 2 heterocycles. The zero-order valence-electron chi connectivity index (χ0n) is 11.8. The van der Waals surface area contributed by atoms with Gasteiger partial charge in [0.05, 0.1) is 12.1 Å². The van der Waals surface area contributed by atoms with Crippen LogP contribution in [0.15, 0.2) is 42.6 Å². The van der Waals surface area contributed by atoms with Gasteiger partial charge in [0.1, 0.15) is 5.69 Å². The SMILES string of the molecule is CN1C(=O)[C@](O)(CC(=O)c2ccccn2)c2cc(Cl)ccc21. The van der Waals surface area contributed by atoms with E-state index in [9.17, 15) is 14.7 Å². The Kier molecular flexibility index (Phi) is 3.47. The van der Waals surface area contributed by atoms with Crippen molar-refractivity contribution in [2.75, 3.05) is 11.9 Å². The van der Waals surface area contributed by atoms with Crippen LogP contribution >= 0.6 is 11.6 Å². The van der Waals surface area contributed by atoms with Gasteiger partial charge in [0, 0.05) is 23.8 Å². The maximum absolute atomic E-state index is 12.4. The number of hydrogen-bond donors (Lipinski definition) is 1. The van der Waals surface area contributed by atoms with Crippen LogP contribution in [0.2, 0.25) is 5.02 Å². The summed E-state index contributed by atoms with van der Waals surface area (Å²) in [6.45, 7) is 0. The van der Waals surface area contributed by atoms with Crippen molar-refractivity contribution in [1.82, 2.24) is 4.98 Å². The first kappa shape index (κ1) is 14.7. The molecule has 0 unspecified atom stereocenters. The fraction of sp³-hybridized carbons (Fsp3) is 0.188. The lowest BCUT2D eigenvalue weighted by atomic mass is 9.89. The van der Waals surface area contributed by atoms with E-state index in [0.717, 1.165) is 0 Å². The summed E-state index contributed by atoms with van der Waals surface area (Å²) in [6, 6.07) is 9.72. The van der Waals surface area contributed by atoms with Gasteiger partial charge in [-0.3, -0.25) is 14.6 Å². The highest BCUT2D eigenvalue weighted by Gasteiger charge is 2.50. The fourth-order valence-electron chi connectivity index (χ4n) is 2.66. The number of rotatable bonds is 3. The minimum atomic E-state index is -1.91. The molecule has 0 spiro atoms. The molecule has 0 radical (unpaired) electrons. The van der Waals surface area contributed by atoms with Crippen molar-refractivity contribution in [3.05, 3.63) is 58.9 Å². The molecule has 0 saturated carbocycles. The highest BCUT2D eigenvalue weighted by Crippen LogP contribution is 2.43. The largest absolute Gasteiger partial charge is 0.375 e. The number of likely N-dealkylation sites (N-methyl/N-ethyl adjacent to an activating group) is 1.